The number of aromatic carboxylic acids is 1. The molecule has 1 aromatic carbocycles. The topological polar surface area (TPSA) is 109 Å². The zero-order chi connectivity index (χ0) is 16.6. The van der Waals surface area contributed by atoms with E-state index in [0.717, 1.165) is 0 Å². The van der Waals surface area contributed by atoms with E-state index in [1.165, 1.54) is 18.2 Å². The summed E-state index contributed by atoms with van der Waals surface area (Å²) < 4.78 is 5.55. The van der Waals surface area contributed by atoms with Crippen LogP contribution in [0.25, 0.3) is 17.4 Å². The second kappa shape index (κ2) is 5.62. The number of furan rings is 1. The molecule has 0 unspecified atom stereocenters. The first-order valence-electron chi connectivity index (χ1n) is 6.41. The summed E-state index contributed by atoms with van der Waals surface area (Å²) in [7, 11) is 0. The van der Waals surface area contributed by atoms with Crippen LogP contribution in [0, 0.1) is 0 Å². The van der Waals surface area contributed by atoms with Gasteiger partial charge < -0.3 is 14.8 Å². The monoisotopic (exact) mass is 332 g/mol. The summed E-state index contributed by atoms with van der Waals surface area (Å²) >= 11 is 5.82. The van der Waals surface area contributed by atoms with Gasteiger partial charge >= 0.3 is 12.0 Å². The first-order chi connectivity index (χ1) is 10.9. The molecule has 2 heterocycles. The number of carboxylic acids is 1. The number of carbonyl (C=O) groups excluding carboxylic acids is 2. The Kier molecular flexibility index (Phi) is 3.63. The number of nitrogens with one attached hydrogen (secondary N) is 2. The second-order valence-corrected chi connectivity index (χ2v) is 5.08. The molecule has 0 saturated carbocycles. The van der Waals surface area contributed by atoms with Crippen molar-refractivity contribution in [3.05, 3.63) is 52.4 Å². The van der Waals surface area contributed by atoms with Gasteiger partial charge in [0.15, 0.2) is 0 Å². The molecular formula is C15H9ClN2O5. The third kappa shape index (κ3) is 2.95. The average Bonchev–Trinajstić information content (AvgIpc) is 3.06. The fraction of sp³-hybridized carbons (Fsp3) is 0. The van der Waals surface area contributed by atoms with E-state index in [1.807, 2.05) is 0 Å². The molecule has 1 saturated heterocycles. The number of halogens is 1. The zero-order valence-corrected chi connectivity index (χ0v) is 12.2. The Bertz CT molecular complexity index is 869. The predicted octanol–water partition coefficient (Wildman–Crippen LogP) is 2.48. The van der Waals surface area contributed by atoms with E-state index in [-0.39, 0.29) is 16.3 Å². The van der Waals surface area contributed by atoms with Crippen molar-refractivity contribution in [3.8, 4) is 11.3 Å². The Morgan fingerprint density at radius 3 is 2.61 bits per heavy atom. The van der Waals surface area contributed by atoms with Gasteiger partial charge in [-0.25, -0.2) is 9.59 Å². The summed E-state index contributed by atoms with van der Waals surface area (Å²) in [5.41, 5.74) is 0.553. The van der Waals surface area contributed by atoms with Crippen LogP contribution >= 0.6 is 11.6 Å². The zero-order valence-electron chi connectivity index (χ0n) is 11.4. The van der Waals surface area contributed by atoms with E-state index in [4.69, 9.17) is 21.1 Å². The molecule has 1 fully saturated rings. The van der Waals surface area contributed by atoms with Gasteiger partial charge in [0.25, 0.3) is 5.91 Å². The maximum atomic E-state index is 11.4. The number of carboxylic acid groups (broad SMARTS) is 1. The summed E-state index contributed by atoms with van der Waals surface area (Å²) in [4.78, 5) is 33.6. The molecule has 7 nitrogen and oxygen atoms in total. The SMILES string of the molecule is O=C1NC(=O)/C(=C\c2ccc(-c3ccc(Cl)c(C(=O)O)c3)o2)N1. The number of rotatable bonds is 3. The minimum atomic E-state index is -1.14. The van der Waals surface area contributed by atoms with Gasteiger partial charge in [-0.15, -0.1) is 0 Å². The molecule has 0 radical (unpaired) electrons. The third-order valence-corrected chi connectivity index (χ3v) is 3.44. The Morgan fingerprint density at radius 1 is 1.17 bits per heavy atom. The Balaban J connectivity index is 1.92. The molecule has 0 aliphatic carbocycles. The fourth-order valence-electron chi connectivity index (χ4n) is 2.05. The van der Waals surface area contributed by atoms with Crippen LogP contribution in [0.15, 0.2) is 40.4 Å². The number of carbonyl (C=O) groups is 3. The Labute approximate surface area is 134 Å². The molecule has 0 atom stereocenters. The van der Waals surface area contributed by atoms with E-state index in [9.17, 15) is 14.4 Å². The number of benzene rings is 1. The number of hydrogen-bond donors (Lipinski definition) is 3. The van der Waals surface area contributed by atoms with E-state index in [1.54, 1.807) is 18.2 Å². The van der Waals surface area contributed by atoms with E-state index >= 15 is 0 Å². The molecule has 1 aliphatic rings. The summed E-state index contributed by atoms with van der Waals surface area (Å²) in [6.07, 6.45) is 1.37. The number of amides is 3. The van der Waals surface area contributed by atoms with Gasteiger partial charge in [0.1, 0.15) is 17.2 Å². The lowest BCUT2D eigenvalue weighted by atomic mass is 10.1. The highest BCUT2D eigenvalue weighted by atomic mass is 35.5. The Hall–Kier alpha value is -3.06. The van der Waals surface area contributed by atoms with Crippen LogP contribution in [0.2, 0.25) is 5.02 Å². The van der Waals surface area contributed by atoms with Crippen molar-refractivity contribution in [2.24, 2.45) is 0 Å². The minimum Gasteiger partial charge on any atom is -0.478 e. The molecule has 23 heavy (non-hydrogen) atoms. The summed E-state index contributed by atoms with van der Waals surface area (Å²) in [5.74, 6) is -0.955. The molecule has 0 bridgehead atoms. The van der Waals surface area contributed by atoms with Crippen molar-refractivity contribution >= 4 is 35.6 Å². The van der Waals surface area contributed by atoms with Crippen molar-refractivity contribution in [3.63, 3.8) is 0 Å². The van der Waals surface area contributed by atoms with Gasteiger partial charge in [-0.2, -0.15) is 0 Å². The van der Waals surface area contributed by atoms with Gasteiger partial charge in [0, 0.05) is 11.6 Å². The van der Waals surface area contributed by atoms with E-state index in [2.05, 4.69) is 10.6 Å². The van der Waals surface area contributed by atoms with Crippen molar-refractivity contribution in [2.45, 2.75) is 0 Å². The van der Waals surface area contributed by atoms with Crippen LogP contribution in [0.3, 0.4) is 0 Å². The molecule has 3 amide bonds. The van der Waals surface area contributed by atoms with Gasteiger partial charge in [0.2, 0.25) is 0 Å². The van der Waals surface area contributed by atoms with Gasteiger partial charge in [-0.05, 0) is 30.3 Å². The van der Waals surface area contributed by atoms with Gasteiger partial charge in [0.05, 0.1) is 10.6 Å². The average molecular weight is 333 g/mol. The van der Waals surface area contributed by atoms with Crippen LogP contribution < -0.4 is 10.6 Å². The van der Waals surface area contributed by atoms with Crippen molar-refractivity contribution < 1.29 is 23.9 Å². The summed E-state index contributed by atoms with van der Waals surface area (Å²) in [6, 6.07) is 7.09. The van der Waals surface area contributed by atoms with Crippen LogP contribution in [0.4, 0.5) is 4.79 Å². The van der Waals surface area contributed by atoms with Crippen molar-refractivity contribution in [2.75, 3.05) is 0 Å². The molecule has 8 heteroatoms. The van der Waals surface area contributed by atoms with Crippen LogP contribution in [0.1, 0.15) is 16.1 Å². The largest absolute Gasteiger partial charge is 0.478 e. The summed E-state index contributed by atoms with van der Waals surface area (Å²) in [5, 5.41) is 13.6. The first kappa shape index (κ1) is 14.9. The smallest absolute Gasteiger partial charge is 0.337 e. The molecular weight excluding hydrogens is 324 g/mol. The van der Waals surface area contributed by atoms with Crippen LogP contribution in [0.5, 0.6) is 0 Å². The second-order valence-electron chi connectivity index (χ2n) is 4.67. The lowest BCUT2D eigenvalue weighted by Gasteiger charge is -2.02. The van der Waals surface area contributed by atoms with E-state index in [0.29, 0.717) is 17.1 Å². The number of hydrogen-bond acceptors (Lipinski definition) is 4. The normalized spacial score (nSPS) is 15.6. The quantitative estimate of drug-likeness (QED) is 0.591. The third-order valence-electron chi connectivity index (χ3n) is 3.11. The lowest BCUT2D eigenvalue weighted by molar-refractivity contribution is -0.115. The molecule has 1 aliphatic heterocycles. The van der Waals surface area contributed by atoms with Gasteiger partial charge in [-0.1, -0.05) is 11.6 Å². The molecule has 116 valence electrons. The van der Waals surface area contributed by atoms with Gasteiger partial charge in [-0.3, -0.25) is 10.1 Å². The minimum absolute atomic E-state index is 0.0390. The van der Waals surface area contributed by atoms with Crippen LogP contribution in [-0.4, -0.2) is 23.0 Å². The maximum absolute atomic E-state index is 11.4. The molecule has 3 N–H and O–H groups in total. The molecule has 3 rings (SSSR count). The molecule has 2 aromatic rings. The standard InChI is InChI=1S/C15H9ClN2O5/c16-10-3-1-7(5-9(10)14(20)21)12-4-2-8(23-12)6-11-13(19)18-15(22)17-11/h1-6H,(H,20,21)(H2,17,18,19,22)/b11-6+. The molecule has 0 spiro atoms. The highest BCUT2D eigenvalue weighted by molar-refractivity contribution is 6.33. The van der Waals surface area contributed by atoms with Crippen molar-refractivity contribution in [1.29, 1.82) is 0 Å². The summed E-state index contributed by atoms with van der Waals surface area (Å²) in [6.45, 7) is 0. The highest BCUT2D eigenvalue weighted by Crippen LogP contribution is 2.27. The van der Waals surface area contributed by atoms with Crippen molar-refractivity contribution in [1.82, 2.24) is 10.6 Å². The number of imide groups is 1. The number of urea groups is 1. The maximum Gasteiger partial charge on any atom is 0.337 e. The van der Waals surface area contributed by atoms with E-state index < -0.39 is 17.9 Å². The first-order valence-corrected chi connectivity index (χ1v) is 6.79. The highest BCUT2D eigenvalue weighted by Gasteiger charge is 2.23. The molecule has 1 aromatic heterocycles. The lowest BCUT2D eigenvalue weighted by Crippen LogP contribution is -2.22. The predicted molar refractivity (Wildman–Crippen MR) is 80.8 cm³/mol. The van der Waals surface area contributed by atoms with Crippen LogP contribution in [-0.2, 0) is 4.79 Å². The Morgan fingerprint density at radius 2 is 1.96 bits per heavy atom. The fourth-order valence-corrected chi connectivity index (χ4v) is 2.25.